The Labute approximate surface area is 172 Å². The van der Waals surface area contributed by atoms with Crippen molar-refractivity contribution in [3.05, 3.63) is 84.7 Å². The predicted molar refractivity (Wildman–Crippen MR) is 108 cm³/mol. The van der Waals surface area contributed by atoms with Gasteiger partial charge in [0.1, 0.15) is 23.6 Å². The lowest BCUT2D eigenvalue weighted by molar-refractivity contribution is 0.102. The van der Waals surface area contributed by atoms with Gasteiger partial charge in [-0.05, 0) is 35.9 Å². The molecule has 0 saturated carbocycles. The van der Waals surface area contributed by atoms with Gasteiger partial charge >= 0.3 is 0 Å². The number of nitrogens with zero attached hydrogens (tertiary/aromatic N) is 4. The molecule has 2 aromatic heterocycles. The van der Waals surface area contributed by atoms with Gasteiger partial charge in [0.25, 0.3) is 0 Å². The molecule has 4 aromatic rings. The molecule has 4 rings (SSSR count). The minimum atomic E-state index is -0.356. The molecule has 2 aromatic carbocycles. The van der Waals surface area contributed by atoms with Crippen LogP contribution in [0.15, 0.2) is 67.4 Å². The molecule has 1 N–H and O–H groups in total. The largest absolute Gasteiger partial charge is 0.496 e. The first kappa shape index (κ1) is 19.5. The first-order chi connectivity index (χ1) is 14.6. The maximum absolute atomic E-state index is 13.8. The summed E-state index contributed by atoms with van der Waals surface area (Å²) in [5.41, 5.74) is 2.38. The van der Waals surface area contributed by atoms with Crippen molar-refractivity contribution in [3.8, 4) is 22.6 Å². The number of imidazole rings is 2. The highest BCUT2D eigenvalue weighted by molar-refractivity contribution is 6.05. The topological polar surface area (TPSA) is 82.2 Å². The maximum Gasteiger partial charge on any atom is 0.248 e. The van der Waals surface area contributed by atoms with Crippen molar-refractivity contribution in [2.75, 3.05) is 13.7 Å². The third kappa shape index (κ3) is 3.72. The van der Waals surface area contributed by atoms with Gasteiger partial charge in [0, 0.05) is 36.4 Å². The Balaban J connectivity index is 1.66. The molecule has 0 bridgehead atoms. The number of hydrogen-bond donors (Lipinski definition) is 1. The summed E-state index contributed by atoms with van der Waals surface area (Å²) in [4.78, 5) is 21.0. The minimum absolute atomic E-state index is 0.0958. The molecule has 7 nitrogen and oxygen atoms in total. The van der Waals surface area contributed by atoms with Gasteiger partial charge in [0.15, 0.2) is 5.82 Å². The average Bonchev–Trinajstić information content (AvgIpc) is 3.44. The van der Waals surface area contributed by atoms with Crippen molar-refractivity contribution in [2.24, 2.45) is 0 Å². The SMILES string of the molecule is COc1ccc(F)cc1-c1cccc(-n2cnc(C(=O)c3nccn3CCO)c2)c1. The third-order valence-electron chi connectivity index (χ3n) is 4.69. The zero-order valence-corrected chi connectivity index (χ0v) is 16.2. The fourth-order valence-electron chi connectivity index (χ4n) is 3.24. The zero-order valence-electron chi connectivity index (χ0n) is 16.2. The molecule has 0 amide bonds. The van der Waals surface area contributed by atoms with Crippen LogP contribution in [0.25, 0.3) is 16.8 Å². The standard InChI is InChI=1S/C22H19FN4O3/c1-30-20-6-5-16(23)12-18(20)15-3-2-4-17(11-15)27-13-19(25-14-27)21(29)22-24-7-8-26(22)9-10-28/h2-8,11-14,28H,9-10H2,1H3. The number of benzene rings is 2. The molecule has 152 valence electrons. The number of carbonyl (C=O) groups is 1. The summed E-state index contributed by atoms with van der Waals surface area (Å²) in [6.45, 7) is 0.181. The van der Waals surface area contributed by atoms with Crippen LogP contribution in [0.4, 0.5) is 4.39 Å². The van der Waals surface area contributed by atoms with Crippen molar-refractivity contribution >= 4 is 5.78 Å². The van der Waals surface area contributed by atoms with Crippen LogP contribution >= 0.6 is 0 Å². The van der Waals surface area contributed by atoms with Crippen LogP contribution in [0.1, 0.15) is 16.3 Å². The summed E-state index contributed by atoms with van der Waals surface area (Å²) in [7, 11) is 1.54. The second-order valence-corrected chi connectivity index (χ2v) is 6.56. The molecule has 0 aliphatic heterocycles. The quantitative estimate of drug-likeness (QED) is 0.477. The Bertz CT molecular complexity index is 1200. The predicted octanol–water partition coefficient (Wildman–Crippen LogP) is 3.11. The van der Waals surface area contributed by atoms with E-state index in [0.29, 0.717) is 11.3 Å². The van der Waals surface area contributed by atoms with Crippen molar-refractivity contribution in [1.29, 1.82) is 0 Å². The monoisotopic (exact) mass is 406 g/mol. The van der Waals surface area contributed by atoms with Gasteiger partial charge in [0.2, 0.25) is 5.78 Å². The zero-order chi connectivity index (χ0) is 21.1. The molecule has 8 heteroatoms. The van der Waals surface area contributed by atoms with E-state index in [1.54, 1.807) is 27.6 Å². The summed E-state index contributed by atoms with van der Waals surface area (Å²) in [5, 5.41) is 9.13. The molecule has 0 saturated heterocycles. The summed E-state index contributed by atoms with van der Waals surface area (Å²) in [5.74, 6) is 0.0820. The van der Waals surface area contributed by atoms with Crippen LogP contribution < -0.4 is 4.74 Å². The van der Waals surface area contributed by atoms with Crippen LogP contribution in [0.3, 0.4) is 0 Å². The molecule has 0 unspecified atom stereocenters. The molecule has 0 spiro atoms. The number of aliphatic hydroxyl groups is 1. The highest BCUT2D eigenvalue weighted by atomic mass is 19.1. The van der Waals surface area contributed by atoms with E-state index < -0.39 is 0 Å². The van der Waals surface area contributed by atoms with Gasteiger partial charge in [-0.15, -0.1) is 0 Å². The van der Waals surface area contributed by atoms with Crippen molar-refractivity contribution in [3.63, 3.8) is 0 Å². The second-order valence-electron chi connectivity index (χ2n) is 6.56. The van der Waals surface area contributed by atoms with Gasteiger partial charge in [-0.1, -0.05) is 12.1 Å². The lowest BCUT2D eigenvalue weighted by Crippen LogP contribution is -2.13. The van der Waals surface area contributed by atoms with E-state index >= 15 is 0 Å². The first-order valence-electron chi connectivity index (χ1n) is 9.25. The fourth-order valence-corrected chi connectivity index (χ4v) is 3.24. The lowest BCUT2D eigenvalue weighted by atomic mass is 10.0. The van der Waals surface area contributed by atoms with E-state index in [-0.39, 0.29) is 36.3 Å². The molecule has 0 aliphatic carbocycles. The molecule has 30 heavy (non-hydrogen) atoms. The average molecular weight is 406 g/mol. The smallest absolute Gasteiger partial charge is 0.248 e. The highest BCUT2D eigenvalue weighted by Gasteiger charge is 2.18. The van der Waals surface area contributed by atoms with Crippen LogP contribution in [-0.4, -0.2) is 43.7 Å². The fraction of sp³-hybridized carbons (Fsp3) is 0.136. The summed E-state index contributed by atoms with van der Waals surface area (Å²) < 4.78 is 22.4. The third-order valence-corrected chi connectivity index (χ3v) is 4.69. The number of aromatic nitrogens is 4. The van der Waals surface area contributed by atoms with Gasteiger partial charge in [-0.3, -0.25) is 4.79 Å². The lowest BCUT2D eigenvalue weighted by Gasteiger charge is -2.10. The van der Waals surface area contributed by atoms with E-state index in [1.165, 1.54) is 31.8 Å². The molecule has 0 fully saturated rings. The maximum atomic E-state index is 13.8. The Morgan fingerprint density at radius 2 is 2.07 bits per heavy atom. The van der Waals surface area contributed by atoms with Gasteiger partial charge < -0.3 is 19.0 Å². The first-order valence-corrected chi connectivity index (χ1v) is 9.25. The van der Waals surface area contributed by atoms with Gasteiger partial charge in [-0.2, -0.15) is 0 Å². The normalized spacial score (nSPS) is 10.9. The molecular formula is C22H19FN4O3. The van der Waals surface area contributed by atoms with E-state index in [0.717, 1.165) is 11.3 Å². The van der Waals surface area contributed by atoms with E-state index in [4.69, 9.17) is 9.84 Å². The van der Waals surface area contributed by atoms with E-state index in [9.17, 15) is 9.18 Å². The second kappa shape index (κ2) is 8.30. The summed E-state index contributed by atoms with van der Waals surface area (Å²) in [6, 6.07) is 11.8. The van der Waals surface area contributed by atoms with Crippen molar-refractivity contribution in [2.45, 2.75) is 6.54 Å². The molecule has 0 atom stereocenters. The summed E-state index contributed by atoms with van der Waals surface area (Å²) >= 11 is 0. The minimum Gasteiger partial charge on any atom is -0.496 e. The highest BCUT2D eigenvalue weighted by Crippen LogP contribution is 2.31. The van der Waals surface area contributed by atoms with Crippen LogP contribution in [0.2, 0.25) is 0 Å². The Morgan fingerprint density at radius 3 is 2.87 bits per heavy atom. The number of ether oxygens (including phenoxy) is 1. The van der Waals surface area contributed by atoms with Crippen LogP contribution in [0, 0.1) is 5.82 Å². The number of aliphatic hydroxyl groups excluding tert-OH is 1. The number of methoxy groups -OCH3 is 1. The molecule has 0 aliphatic rings. The Kier molecular flexibility index (Phi) is 5.40. The Hall–Kier alpha value is -3.78. The van der Waals surface area contributed by atoms with Crippen molar-refractivity contribution < 1.29 is 19.0 Å². The van der Waals surface area contributed by atoms with Gasteiger partial charge in [-0.25, -0.2) is 14.4 Å². The van der Waals surface area contributed by atoms with Gasteiger partial charge in [0.05, 0.1) is 13.7 Å². The number of halogens is 1. The molecule has 2 heterocycles. The molecular weight excluding hydrogens is 387 g/mol. The number of rotatable bonds is 7. The van der Waals surface area contributed by atoms with Crippen LogP contribution in [-0.2, 0) is 6.54 Å². The number of hydrogen-bond acceptors (Lipinski definition) is 5. The summed E-state index contributed by atoms with van der Waals surface area (Å²) in [6.07, 6.45) is 6.29. The number of ketones is 1. The van der Waals surface area contributed by atoms with E-state index in [2.05, 4.69) is 9.97 Å². The van der Waals surface area contributed by atoms with E-state index in [1.807, 2.05) is 24.3 Å². The number of carbonyl (C=O) groups excluding carboxylic acids is 1. The van der Waals surface area contributed by atoms with Crippen LogP contribution in [0.5, 0.6) is 5.75 Å². The molecule has 0 radical (unpaired) electrons. The Morgan fingerprint density at radius 1 is 1.20 bits per heavy atom. The van der Waals surface area contributed by atoms with Crippen molar-refractivity contribution in [1.82, 2.24) is 19.1 Å².